The second kappa shape index (κ2) is 4.79. The van der Waals surface area contributed by atoms with Crippen LogP contribution in [0.5, 0.6) is 0 Å². The molecular formula is C15H22N2. The van der Waals surface area contributed by atoms with Gasteiger partial charge in [-0.05, 0) is 61.9 Å². The molecule has 1 aliphatic heterocycles. The highest BCUT2D eigenvalue weighted by Gasteiger charge is 2.28. The van der Waals surface area contributed by atoms with Crippen LogP contribution in [0.1, 0.15) is 41.9 Å². The van der Waals surface area contributed by atoms with Crippen molar-refractivity contribution in [3.8, 4) is 0 Å². The van der Waals surface area contributed by atoms with Gasteiger partial charge in [-0.3, -0.25) is 0 Å². The van der Waals surface area contributed by atoms with Gasteiger partial charge in [-0.2, -0.15) is 0 Å². The molecular weight excluding hydrogens is 208 g/mol. The standard InChI is InChI=1S/C15H22N2/c16-8-6-15-14(7-9-17-15)13-5-4-11-2-1-3-12(11)10-13/h4-5,10,14-15,17H,1-3,6-9,16H2. The third-order valence-corrected chi connectivity index (χ3v) is 4.38. The van der Waals surface area contributed by atoms with Crippen LogP contribution in [0.25, 0.3) is 0 Å². The van der Waals surface area contributed by atoms with Crippen molar-refractivity contribution in [3.63, 3.8) is 0 Å². The van der Waals surface area contributed by atoms with E-state index in [4.69, 9.17) is 5.73 Å². The SMILES string of the molecule is NCCC1NCCC1c1ccc2c(c1)CCC2. The van der Waals surface area contributed by atoms with Gasteiger partial charge in [0.2, 0.25) is 0 Å². The first-order valence-corrected chi connectivity index (χ1v) is 6.93. The van der Waals surface area contributed by atoms with Crippen molar-refractivity contribution >= 4 is 0 Å². The highest BCUT2D eigenvalue weighted by Crippen LogP contribution is 2.32. The van der Waals surface area contributed by atoms with E-state index in [1.54, 1.807) is 11.1 Å². The molecule has 1 aromatic carbocycles. The number of hydrogen-bond donors (Lipinski definition) is 2. The Bertz CT molecular complexity index is 400. The first-order chi connectivity index (χ1) is 8.38. The van der Waals surface area contributed by atoms with E-state index in [1.807, 2.05) is 0 Å². The molecule has 17 heavy (non-hydrogen) atoms. The van der Waals surface area contributed by atoms with Crippen molar-refractivity contribution in [2.45, 2.75) is 44.1 Å². The number of hydrogen-bond acceptors (Lipinski definition) is 2. The maximum Gasteiger partial charge on any atom is 0.0148 e. The molecule has 0 bridgehead atoms. The van der Waals surface area contributed by atoms with Crippen LogP contribution in [0.15, 0.2) is 18.2 Å². The molecule has 2 nitrogen and oxygen atoms in total. The zero-order valence-electron chi connectivity index (χ0n) is 10.4. The molecule has 2 atom stereocenters. The molecule has 1 saturated heterocycles. The van der Waals surface area contributed by atoms with Crippen molar-refractivity contribution in [2.75, 3.05) is 13.1 Å². The van der Waals surface area contributed by atoms with Crippen LogP contribution in [0.2, 0.25) is 0 Å². The predicted octanol–water partition coefficient (Wildman–Crippen LogP) is 1.97. The summed E-state index contributed by atoms with van der Waals surface area (Å²) in [6, 6.07) is 7.77. The van der Waals surface area contributed by atoms with Crippen LogP contribution >= 0.6 is 0 Å². The van der Waals surface area contributed by atoms with E-state index < -0.39 is 0 Å². The molecule has 92 valence electrons. The number of benzene rings is 1. The molecule has 3 rings (SSSR count). The van der Waals surface area contributed by atoms with E-state index >= 15 is 0 Å². The second-order valence-corrected chi connectivity index (χ2v) is 5.41. The second-order valence-electron chi connectivity index (χ2n) is 5.41. The lowest BCUT2D eigenvalue weighted by Crippen LogP contribution is -2.28. The highest BCUT2D eigenvalue weighted by atomic mass is 15.0. The predicted molar refractivity (Wildman–Crippen MR) is 71.3 cm³/mol. The highest BCUT2D eigenvalue weighted by molar-refractivity contribution is 5.37. The van der Waals surface area contributed by atoms with Crippen molar-refractivity contribution in [3.05, 3.63) is 34.9 Å². The van der Waals surface area contributed by atoms with Gasteiger partial charge in [-0.15, -0.1) is 0 Å². The van der Waals surface area contributed by atoms with Gasteiger partial charge >= 0.3 is 0 Å². The maximum atomic E-state index is 5.70. The van der Waals surface area contributed by atoms with Crippen molar-refractivity contribution in [2.24, 2.45) is 5.73 Å². The van der Waals surface area contributed by atoms with Gasteiger partial charge in [0.15, 0.2) is 0 Å². The monoisotopic (exact) mass is 230 g/mol. The van der Waals surface area contributed by atoms with Crippen molar-refractivity contribution < 1.29 is 0 Å². The van der Waals surface area contributed by atoms with Crippen LogP contribution < -0.4 is 11.1 Å². The fourth-order valence-electron chi connectivity index (χ4n) is 3.47. The Hall–Kier alpha value is -0.860. The summed E-state index contributed by atoms with van der Waals surface area (Å²) in [7, 11) is 0. The van der Waals surface area contributed by atoms with E-state index in [9.17, 15) is 0 Å². The average molecular weight is 230 g/mol. The van der Waals surface area contributed by atoms with Gasteiger partial charge in [0, 0.05) is 12.0 Å². The Morgan fingerprint density at radius 3 is 3.00 bits per heavy atom. The van der Waals surface area contributed by atoms with Crippen LogP contribution in [-0.2, 0) is 12.8 Å². The summed E-state index contributed by atoms with van der Waals surface area (Å²) < 4.78 is 0. The molecule has 0 spiro atoms. The Morgan fingerprint density at radius 1 is 1.24 bits per heavy atom. The largest absolute Gasteiger partial charge is 0.330 e. The number of nitrogens with one attached hydrogen (secondary N) is 1. The zero-order valence-corrected chi connectivity index (χ0v) is 10.4. The molecule has 1 heterocycles. The maximum absolute atomic E-state index is 5.70. The lowest BCUT2D eigenvalue weighted by Gasteiger charge is -2.20. The average Bonchev–Trinajstić information content (AvgIpc) is 2.96. The summed E-state index contributed by atoms with van der Waals surface area (Å²) in [6.45, 7) is 1.94. The summed E-state index contributed by atoms with van der Waals surface area (Å²) in [4.78, 5) is 0. The molecule has 2 unspecified atom stereocenters. The fraction of sp³-hybridized carbons (Fsp3) is 0.600. The molecule has 1 aliphatic carbocycles. The summed E-state index contributed by atoms with van der Waals surface area (Å²) in [6.07, 6.45) is 6.27. The molecule has 1 fully saturated rings. The lowest BCUT2D eigenvalue weighted by molar-refractivity contribution is 0.515. The van der Waals surface area contributed by atoms with E-state index in [-0.39, 0.29) is 0 Å². The summed E-state index contributed by atoms with van der Waals surface area (Å²) in [5, 5.41) is 3.59. The number of rotatable bonds is 3. The zero-order chi connectivity index (χ0) is 11.7. The Balaban J connectivity index is 1.83. The first kappa shape index (κ1) is 11.2. The summed E-state index contributed by atoms with van der Waals surface area (Å²) in [5.74, 6) is 0.685. The Labute approximate surface area is 104 Å². The Morgan fingerprint density at radius 2 is 2.12 bits per heavy atom. The normalized spacial score (nSPS) is 27.4. The minimum absolute atomic E-state index is 0.597. The third kappa shape index (κ3) is 2.12. The molecule has 1 aromatic rings. The molecule has 2 aliphatic rings. The van der Waals surface area contributed by atoms with Gasteiger partial charge in [0.1, 0.15) is 0 Å². The van der Waals surface area contributed by atoms with Gasteiger partial charge in [-0.25, -0.2) is 0 Å². The summed E-state index contributed by atoms with van der Waals surface area (Å²) >= 11 is 0. The van der Waals surface area contributed by atoms with Crippen LogP contribution in [0, 0.1) is 0 Å². The van der Waals surface area contributed by atoms with E-state index in [0.717, 1.165) is 19.5 Å². The van der Waals surface area contributed by atoms with Crippen LogP contribution in [0.3, 0.4) is 0 Å². The van der Waals surface area contributed by atoms with Gasteiger partial charge in [0.25, 0.3) is 0 Å². The molecule has 0 aromatic heterocycles. The van der Waals surface area contributed by atoms with Gasteiger partial charge < -0.3 is 11.1 Å². The van der Waals surface area contributed by atoms with E-state index in [0.29, 0.717) is 12.0 Å². The molecule has 0 radical (unpaired) electrons. The van der Waals surface area contributed by atoms with Gasteiger partial charge in [0.05, 0.1) is 0 Å². The molecule has 0 amide bonds. The molecule has 3 N–H and O–H groups in total. The van der Waals surface area contributed by atoms with Crippen molar-refractivity contribution in [1.29, 1.82) is 0 Å². The quantitative estimate of drug-likeness (QED) is 0.833. The summed E-state index contributed by atoms with van der Waals surface area (Å²) in [5.41, 5.74) is 10.4. The smallest absolute Gasteiger partial charge is 0.0148 e. The van der Waals surface area contributed by atoms with E-state index in [1.165, 1.54) is 31.2 Å². The first-order valence-electron chi connectivity index (χ1n) is 6.93. The van der Waals surface area contributed by atoms with E-state index in [2.05, 4.69) is 23.5 Å². The molecule has 0 saturated carbocycles. The topological polar surface area (TPSA) is 38.0 Å². The lowest BCUT2D eigenvalue weighted by atomic mass is 9.88. The minimum atomic E-state index is 0.597. The van der Waals surface area contributed by atoms with Crippen molar-refractivity contribution in [1.82, 2.24) is 5.32 Å². The number of nitrogens with two attached hydrogens (primary N) is 1. The van der Waals surface area contributed by atoms with Gasteiger partial charge in [-0.1, -0.05) is 18.2 Å². The third-order valence-electron chi connectivity index (χ3n) is 4.38. The number of aryl methyl sites for hydroxylation is 2. The fourth-order valence-corrected chi connectivity index (χ4v) is 3.47. The minimum Gasteiger partial charge on any atom is -0.330 e. The Kier molecular flexibility index (Phi) is 3.17. The van der Waals surface area contributed by atoms with Crippen LogP contribution in [0.4, 0.5) is 0 Å². The van der Waals surface area contributed by atoms with Crippen LogP contribution in [-0.4, -0.2) is 19.1 Å². The molecule has 2 heteroatoms. The number of fused-ring (bicyclic) bond motifs is 1.